The van der Waals surface area contributed by atoms with Gasteiger partial charge < -0.3 is 14.6 Å². The summed E-state index contributed by atoms with van der Waals surface area (Å²) < 4.78 is 8.58. The van der Waals surface area contributed by atoms with Gasteiger partial charge in [0.1, 0.15) is 0 Å². The van der Waals surface area contributed by atoms with Gasteiger partial charge in [-0.15, -0.1) is 0 Å². The highest BCUT2D eigenvalue weighted by molar-refractivity contribution is 4.97. The van der Waals surface area contributed by atoms with E-state index in [2.05, 4.69) is 21.1 Å². The number of nitrogens with one attached hydrogen (secondary N) is 1. The quantitative estimate of drug-likeness (QED) is 0.907. The van der Waals surface area contributed by atoms with Crippen LogP contribution in [0.15, 0.2) is 12.5 Å². The minimum absolute atomic E-state index is 0.233. The Labute approximate surface area is 115 Å². The monoisotopic (exact) mass is 263 g/mol. The van der Waals surface area contributed by atoms with E-state index in [1.807, 2.05) is 13.4 Å². The Hall–Kier alpha value is -0.870. The second-order valence-corrected chi connectivity index (χ2v) is 6.11. The minimum Gasteiger partial charge on any atom is -0.370 e. The molecule has 1 aromatic rings. The maximum absolute atomic E-state index is 6.40. The molecule has 2 heterocycles. The van der Waals surface area contributed by atoms with Crippen LogP contribution in [0.25, 0.3) is 0 Å². The first-order valence-electron chi connectivity index (χ1n) is 7.63. The van der Waals surface area contributed by atoms with Crippen molar-refractivity contribution in [3.05, 3.63) is 18.2 Å². The molecular formula is C15H25N3O. The van der Waals surface area contributed by atoms with Crippen molar-refractivity contribution in [2.75, 3.05) is 7.05 Å². The topological polar surface area (TPSA) is 39.1 Å². The van der Waals surface area contributed by atoms with Crippen molar-refractivity contribution in [1.82, 2.24) is 14.9 Å². The summed E-state index contributed by atoms with van der Waals surface area (Å²) in [4.78, 5) is 4.40. The van der Waals surface area contributed by atoms with Crippen LogP contribution in [0.4, 0.5) is 0 Å². The van der Waals surface area contributed by atoms with E-state index in [0.717, 1.165) is 18.8 Å². The van der Waals surface area contributed by atoms with Crippen LogP contribution < -0.4 is 5.32 Å². The number of hydrogen-bond donors (Lipinski definition) is 1. The van der Waals surface area contributed by atoms with Gasteiger partial charge in [-0.05, 0) is 32.7 Å². The van der Waals surface area contributed by atoms with Gasteiger partial charge in [-0.2, -0.15) is 0 Å². The highest BCUT2D eigenvalue weighted by Gasteiger charge is 2.40. The van der Waals surface area contributed by atoms with Crippen LogP contribution in [-0.4, -0.2) is 28.3 Å². The van der Waals surface area contributed by atoms with Gasteiger partial charge in [-0.25, -0.2) is 4.98 Å². The molecule has 0 amide bonds. The Kier molecular flexibility index (Phi) is 3.89. The van der Waals surface area contributed by atoms with E-state index in [9.17, 15) is 0 Å². The summed E-state index contributed by atoms with van der Waals surface area (Å²) in [5.74, 6) is 0. The molecule has 3 rings (SSSR count). The molecule has 1 aromatic heterocycles. The second kappa shape index (κ2) is 5.63. The summed E-state index contributed by atoms with van der Waals surface area (Å²) in [6.45, 7) is 1.79. The van der Waals surface area contributed by atoms with E-state index in [-0.39, 0.29) is 5.60 Å². The van der Waals surface area contributed by atoms with Crippen LogP contribution >= 0.6 is 0 Å². The van der Waals surface area contributed by atoms with Crippen molar-refractivity contribution in [2.45, 2.75) is 69.7 Å². The Morgan fingerprint density at radius 2 is 2.21 bits per heavy atom. The summed E-state index contributed by atoms with van der Waals surface area (Å²) in [7, 11) is 1.95. The van der Waals surface area contributed by atoms with Gasteiger partial charge in [0.25, 0.3) is 0 Å². The molecular weight excluding hydrogens is 238 g/mol. The minimum atomic E-state index is 0.233. The number of hydrogen-bond acceptors (Lipinski definition) is 3. The standard InChI is InChI=1S/C15H25N3O/c1-16-9-13-10-18(12-17-13)11-14-5-8-15(19-14)6-3-2-4-7-15/h10,12,14,16H,2-9,11H2,1H3. The number of imidazole rings is 1. The molecule has 4 heteroatoms. The Bertz CT molecular complexity index is 409. The van der Waals surface area contributed by atoms with Crippen LogP contribution in [0.2, 0.25) is 0 Å². The van der Waals surface area contributed by atoms with E-state index < -0.39 is 0 Å². The first-order valence-corrected chi connectivity index (χ1v) is 7.63. The van der Waals surface area contributed by atoms with Gasteiger partial charge in [0.15, 0.2) is 0 Å². The number of ether oxygens (including phenoxy) is 1. The first-order chi connectivity index (χ1) is 9.30. The molecule has 1 saturated carbocycles. The van der Waals surface area contributed by atoms with Crippen LogP contribution in [0.3, 0.4) is 0 Å². The van der Waals surface area contributed by atoms with Crippen LogP contribution in [0.5, 0.6) is 0 Å². The summed E-state index contributed by atoms with van der Waals surface area (Å²) in [6.07, 6.45) is 13.6. The van der Waals surface area contributed by atoms with Crippen LogP contribution in [-0.2, 0) is 17.8 Å². The number of rotatable bonds is 4. The van der Waals surface area contributed by atoms with Gasteiger partial charge >= 0.3 is 0 Å². The van der Waals surface area contributed by atoms with Crippen molar-refractivity contribution in [1.29, 1.82) is 0 Å². The number of aromatic nitrogens is 2. The largest absolute Gasteiger partial charge is 0.370 e. The zero-order chi connectivity index (χ0) is 13.1. The van der Waals surface area contributed by atoms with Crippen LogP contribution in [0, 0.1) is 0 Å². The molecule has 1 spiro atoms. The highest BCUT2D eigenvalue weighted by atomic mass is 16.5. The molecule has 1 saturated heterocycles. The van der Waals surface area contributed by atoms with Crippen molar-refractivity contribution in [3.8, 4) is 0 Å². The molecule has 1 unspecified atom stereocenters. The predicted molar refractivity (Wildman–Crippen MR) is 74.9 cm³/mol. The Balaban J connectivity index is 1.55. The van der Waals surface area contributed by atoms with E-state index in [4.69, 9.17) is 4.74 Å². The van der Waals surface area contributed by atoms with Crippen molar-refractivity contribution in [2.24, 2.45) is 0 Å². The summed E-state index contributed by atoms with van der Waals surface area (Å²) in [6, 6.07) is 0. The van der Waals surface area contributed by atoms with Gasteiger partial charge in [0.05, 0.1) is 23.7 Å². The summed E-state index contributed by atoms with van der Waals surface area (Å²) >= 11 is 0. The Morgan fingerprint density at radius 1 is 1.37 bits per heavy atom. The van der Waals surface area contributed by atoms with Gasteiger partial charge in [-0.1, -0.05) is 19.3 Å². The van der Waals surface area contributed by atoms with Gasteiger partial charge in [0.2, 0.25) is 0 Å². The zero-order valence-corrected chi connectivity index (χ0v) is 11.9. The van der Waals surface area contributed by atoms with Gasteiger partial charge in [0, 0.05) is 19.3 Å². The smallest absolute Gasteiger partial charge is 0.0950 e. The fourth-order valence-corrected chi connectivity index (χ4v) is 3.60. The maximum atomic E-state index is 6.40. The van der Waals surface area contributed by atoms with E-state index in [0.29, 0.717) is 6.10 Å². The highest BCUT2D eigenvalue weighted by Crippen LogP contribution is 2.42. The molecule has 4 nitrogen and oxygen atoms in total. The number of nitrogens with zero attached hydrogens (tertiary/aromatic N) is 2. The van der Waals surface area contributed by atoms with Crippen LogP contribution in [0.1, 0.15) is 50.6 Å². The first kappa shape index (κ1) is 13.1. The van der Waals surface area contributed by atoms with Crippen molar-refractivity contribution in [3.63, 3.8) is 0 Å². The lowest BCUT2D eigenvalue weighted by molar-refractivity contribution is -0.0679. The molecule has 19 heavy (non-hydrogen) atoms. The molecule has 1 aliphatic carbocycles. The van der Waals surface area contributed by atoms with E-state index in [1.54, 1.807) is 0 Å². The lowest BCUT2D eigenvalue weighted by atomic mass is 9.83. The lowest BCUT2D eigenvalue weighted by Crippen LogP contribution is -2.32. The predicted octanol–water partition coefficient (Wildman–Crippen LogP) is 2.48. The third kappa shape index (κ3) is 3.00. The lowest BCUT2D eigenvalue weighted by Gasteiger charge is -2.33. The molecule has 0 bridgehead atoms. The van der Waals surface area contributed by atoms with Gasteiger partial charge in [-0.3, -0.25) is 0 Å². The molecule has 1 N–H and O–H groups in total. The molecule has 2 fully saturated rings. The molecule has 0 aromatic carbocycles. The van der Waals surface area contributed by atoms with Crippen molar-refractivity contribution < 1.29 is 4.74 Å². The average Bonchev–Trinajstić information content (AvgIpc) is 3.00. The maximum Gasteiger partial charge on any atom is 0.0950 e. The molecule has 1 atom stereocenters. The molecule has 0 radical (unpaired) electrons. The molecule has 1 aliphatic heterocycles. The van der Waals surface area contributed by atoms with E-state index in [1.165, 1.54) is 44.9 Å². The normalized spacial score (nSPS) is 26.1. The SMILES string of the molecule is CNCc1cn(CC2CCC3(CCCCC3)O2)cn1. The fraction of sp³-hybridized carbons (Fsp3) is 0.800. The second-order valence-electron chi connectivity index (χ2n) is 6.11. The van der Waals surface area contributed by atoms with Crippen molar-refractivity contribution >= 4 is 0 Å². The summed E-state index contributed by atoms with van der Waals surface area (Å²) in [5.41, 5.74) is 1.34. The Morgan fingerprint density at radius 3 is 3.00 bits per heavy atom. The summed E-state index contributed by atoms with van der Waals surface area (Å²) in [5, 5.41) is 3.13. The zero-order valence-electron chi connectivity index (χ0n) is 11.9. The third-order valence-corrected chi connectivity index (χ3v) is 4.56. The fourth-order valence-electron chi connectivity index (χ4n) is 3.60. The average molecular weight is 263 g/mol. The third-order valence-electron chi connectivity index (χ3n) is 4.56. The molecule has 2 aliphatic rings. The molecule has 106 valence electrons. The van der Waals surface area contributed by atoms with E-state index >= 15 is 0 Å².